The van der Waals surface area contributed by atoms with E-state index < -0.39 is 0 Å². The van der Waals surface area contributed by atoms with Crippen LogP contribution in [0.1, 0.15) is 21.5 Å². The van der Waals surface area contributed by atoms with Crippen molar-refractivity contribution < 1.29 is 4.79 Å². The number of rotatable bonds is 2. The number of amides is 1. The molecule has 1 amide bonds. The Balaban J connectivity index is 2.28. The minimum Gasteiger partial charge on any atom is -0.398 e. The molecule has 0 saturated heterocycles. The standard InChI is InChI=1S/C15H15ClN2O/c1-9-6-7-11(8-10(9)2)18-15(19)14-12(16)4-3-5-13(14)17/h3-8H,17H2,1-2H3,(H,18,19). The molecular weight excluding hydrogens is 260 g/mol. The van der Waals surface area contributed by atoms with Crippen molar-refractivity contribution in [3.8, 4) is 0 Å². The van der Waals surface area contributed by atoms with Gasteiger partial charge in [-0.3, -0.25) is 4.79 Å². The van der Waals surface area contributed by atoms with Gasteiger partial charge in [0.1, 0.15) is 0 Å². The van der Waals surface area contributed by atoms with E-state index in [1.807, 2.05) is 32.0 Å². The van der Waals surface area contributed by atoms with Gasteiger partial charge in [-0.2, -0.15) is 0 Å². The molecule has 4 heteroatoms. The maximum absolute atomic E-state index is 12.2. The van der Waals surface area contributed by atoms with Crippen LogP contribution in [0.3, 0.4) is 0 Å². The van der Waals surface area contributed by atoms with Crippen molar-refractivity contribution >= 4 is 28.9 Å². The normalized spacial score (nSPS) is 10.3. The van der Waals surface area contributed by atoms with Gasteiger partial charge in [-0.15, -0.1) is 0 Å². The molecule has 98 valence electrons. The lowest BCUT2D eigenvalue weighted by Gasteiger charge is -2.10. The van der Waals surface area contributed by atoms with Crippen LogP contribution in [0.2, 0.25) is 5.02 Å². The van der Waals surface area contributed by atoms with Gasteiger partial charge >= 0.3 is 0 Å². The van der Waals surface area contributed by atoms with Crippen LogP contribution in [0, 0.1) is 13.8 Å². The highest BCUT2D eigenvalue weighted by molar-refractivity contribution is 6.35. The maximum Gasteiger partial charge on any atom is 0.259 e. The van der Waals surface area contributed by atoms with Crippen LogP contribution in [-0.2, 0) is 0 Å². The molecule has 0 aliphatic carbocycles. The van der Waals surface area contributed by atoms with Crippen LogP contribution in [0.4, 0.5) is 11.4 Å². The molecule has 0 heterocycles. The predicted molar refractivity (Wildman–Crippen MR) is 79.7 cm³/mol. The van der Waals surface area contributed by atoms with E-state index in [4.69, 9.17) is 17.3 Å². The van der Waals surface area contributed by atoms with Gasteiger partial charge < -0.3 is 11.1 Å². The molecule has 19 heavy (non-hydrogen) atoms. The summed E-state index contributed by atoms with van der Waals surface area (Å²) >= 11 is 6.01. The number of benzene rings is 2. The van der Waals surface area contributed by atoms with Gasteiger partial charge in [0, 0.05) is 11.4 Å². The highest BCUT2D eigenvalue weighted by atomic mass is 35.5. The first-order valence-corrected chi connectivity index (χ1v) is 6.29. The summed E-state index contributed by atoms with van der Waals surface area (Å²) in [6.07, 6.45) is 0. The molecule has 2 rings (SSSR count). The molecule has 3 nitrogen and oxygen atoms in total. The minimum absolute atomic E-state index is 0.300. The fourth-order valence-corrected chi connectivity index (χ4v) is 2.06. The topological polar surface area (TPSA) is 55.1 Å². The number of carbonyl (C=O) groups excluding carboxylic acids is 1. The van der Waals surface area contributed by atoms with E-state index in [9.17, 15) is 4.79 Å². The van der Waals surface area contributed by atoms with Crippen LogP contribution >= 0.6 is 11.6 Å². The Morgan fingerprint density at radius 2 is 1.89 bits per heavy atom. The van der Waals surface area contributed by atoms with E-state index in [1.54, 1.807) is 18.2 Å². The smallest absolute Gasteiger partial charge is 0.259 e. The van der Waals surface area contributed by atoms with E-state index in [1.165, 1.54) is 5.56 Å². The number of aryl methyl sites for hydroxylation is 2. The first-order valence-electron chi connectivity index (χ1n) is 5.91. The second-order valence-electron chi connectivity index (χ2n) is 4.46. The van der Waals surface area contributed by atoms with Crippen LogP contribution < -0.4 is 11.1 Å². The van der Waals surface area contributed by atoms with Crippen molar-refractivity contribution in [3.05, 3.63) is 58.1 Å². The van der Waals surface area contributed by atoms with Gasteiger partial charge in [-0.1, -0.05) is 23.7 Å². The number of nitrogen functional groups attached to an aromatic ring is 1. The molecule has 0 aliphatic heterocycles. The summed E-state index contributed by atoms with van der Waals surface area (Å²) in [5.74, 6) is -0.300. The van der Waals surface area contributed by atoms with E-state index in [-0.39, 0.29) is 5.91 Å². The number of nitrogens with one attached hydrogen (secondary N) is 1. The Hall–Kier alpha value is -2.00. The molecule has 0 radical (unpaired) electrons. The molecule has 0 spiro atoms. The Bertz CT molecular complexity index is 618. The number of anilines is 2. The average molecular weight is 275 g/mol. The van der Waals surface area contributed by atoms with E-state index in [2.05, 4.69) is 5.32 Å². The number of hydrogen-bond acceptors (Lipinski definition) is 2. The molecule has 0 aliphatic rings. The summed E-state index contributed by atoms with van der Waals surface area (Å²) in [6, 6.07) is 10.7. The van der Waals surface area contributed by atoms with Crippen molar-refractivity contribution in [1.29, 1.82) is 0 Å². The summed E-state index contributed by atoms with van der Waals surface area (Å²) < 4.78 is 0. The summed E-state index contributed by atoms with van der Waals surface area (Å²) in [4.78, 5) is 12.2. The van der Waals surface area contributed by atoms with Gasteiger partial charge in [-0.05, 0) is 49.2 Å². The number of halogens is 1. The first kappa shape index (κ1) is 13.4. The summed E-state index contributed by atoms with van der Waals surface area (Å²) in [6.45, 7) is 4.02. The highest BCUT2D eigenvalue weighted by Crippen LogP contribution is 2.23. The quantitative estimate of drug-likeness (QED) is 0.819. The second kappa shape index (κ2) is 5.33. The van der Waals surface area contributed by atoms with Crippen molar-refractivity contribution in [3.63, 3.8) is 0 Å². The first-order chi connectivity index (χ1) is 8.99. The molecule has 0 aromatic heterocycles. The Kier molecular flexibility index (Phi) is 3.76. The molecule has 0 fully saturated rings. The third-order valence-corrected chi connectivity index (χ3v) is 3.35. The lowest BCUT2D eigenvalue weighted by atomic mass is 10.1. The zero-order valence-corrected chi connectivity index (χ0v) is 11.6. The van der Waals surface area contributed by atoms with Crippen molar-refractivity contribution in [2.24, 2.45) is 0 Å². The Morgan fingerprint density at radius 3 is 2.53 bits per heavy atom. The zero-order valence-electron chi connectivity index (χ0n) is 10.8. The lowest BCUT2D eigenvalue weighted by Crippen LogP contribution is -2.14. The maximum atomic E-state index is 12.2. The Morgan fingerprint density at radius 1 is 1.16 bits per heavy atom. The number of hydrogen-bond donors (Lipinski definition) is 2. The van der Waals surface area contributed by atoms with Crippen molar-refractivity contribution in [2.75, 3.05) is 11.1 Å². The van der Waals surface area contributed by atoms with Crippen LogP contribution in [0.15, 0.2) is 36.4 Å². The molecule has 0 atom stereocenters. The average Bonchev–Trinajstić information content (AvgIpc) is 2.33. The predicted octanol–water partition coefficient (Wildman–Crippen LogP) is 3.79. The van der Waals surface area contributed by atoms with E-state index in [0.717, 1.165) is 11.3 Å². The summed E-state index contributed by atoms with van der Waals surface area (Å²) in [7, 11) is 0. The van der Waals surface area contributed by atoms with Gasteiger partial charge in [0.25, 0.3) is 5.91 Å². The molecule has 0 saturated carbocycles. The van der Waals surface area contributed by atoms with Gasteiger partial charge in [0.2, 0.25) is 0 Å². The number of carbonyl (C=O) groups is 1. The zero-order chi connectivity index (χ0) is 14.0. The third kappa shape index (κ3) is 2.88. The fourth-order valence-electron chi connectivity index (χ4n) is 1.79. The van der Waals surface area contributed by atoms with Gasteiger partial charge in [-0.25, -0.2) is 0 Å². The van der Waals surface area contributed by atoms with E-state index >= 15 is 0 Å². The van der Waals surface area contributed by atoms with Crippen molar-refractivity contribution in [1.82, 2.24) is 0 Å². The SMILES string of the molecule is Cc1ccc(NC(=O)c2c(N)cccc2Cl)cc1C. The third-order valence-electron chi connectivity index (χ3n) is 3.04. The summed E-state index contributed by atoms with van der Waals surface area (Å²) in [5, 5.41) is 3.15. The van der Waals surface area contributed by atoms with Crippen LogP contribution in [-0.4, -0.2) is 5.91 Å². The largest absolute Gasteiger partial charge is 0.398 e. The molecule has 2 aromatic carbocycles. The van der Waals surface area contributed by atoms with Crippen molar-refractivity contribution in [2.45, 2.75) is 13.8 Å². The Labute approximate surface area is 117 Å². The van der Waals surface area contributed by atoms with Gasteiger partial charge in [0.05, 0.1) is 10.6 Å². The molecule has 3 N–H and O–H groups in total. The van der Waals surface area contributed by atoms with E-state index in [0.29, 0.717) is 16.3 Å². The molecule has 0 bridgehead atoms. The minimum atomic E-state index is -0.300. The fraction of sp³-hybridized carbons (Fsp3) is 0.133. The lowest BCUT2D eigenvalue weighted by molar-refractivity contribution is 0.102. The monoisotopic (exact) mass is 274 g/mol. The van der Waals surface area contributed by atoms with Crippen LogP contribution in [0.5, 0.6) is 0 Å². The second-order valence-corrected chi connectivity index (χ2v) is 4.86. The van der Waals surface area contributed by atoms with Gasteiger partial charge in [0.15, 0.2) is 0 Å². The number of nitrogens with two attached hydrogens (primary N) is 1. The molecule has 2 aromatic rings. The molecule has 0 unspecified atom stereocenters. The summed E-state index contributed by atoms with van der Waals surface area (Å²) in [5.41, 5.74) is 9.48. The van der Waals surface area contributed by atoms with Crippen LogP contribution in [0.25, 0.3) is 0 Å². The highest BCUT2D eigenvalue weighted by Gasteiger charge is 2.14. The molecular formula is C15H15ClN2O.